The van der Waals surface area contributed by atoms with Crippen LogP contribution in [0.2, 0.25) is 0 Å². The quantitative estimate of drug-likeness (QED) is 0.776. The summed E-state index contributed by atoms with van der Waals surface area (Å²) in [6.45, 7) is 3.90. The van der Waals surface area contributed by atoms with Gasteiger partial charge < -0.3 is 19.7 Å². The molecule has 0 aromatic heterocycles. The van der Waals surface area contributed by atoms with Gasteiger partial charge in [-0.05, 0) is 43.7 Å². The predicted molar refractivity (Wildman–Crippen MR) is 105 cm³/mol. The molecule has 0 aliphatic carbocycles. The second-order valence-corrected chi connectivity index (χ2v) is 6.41. The molecule has 0 heterocycles. The Hall–Kier alpha value is -2.86. The number of carbonyl (C=O) groups excluding carboxylic acids is 2. The summed E-state index contributed by atoms with van der Waals surface area (Å²) < 4.78 is 10.8. The minimum absolute atomic E-state index is 0.0421. The van der Waals surface area contributed by atoms with Crippen molar-refractivity contribution in [2.75, 3.05) is 26.0 Å². The maximum atomic E-state index is 12.4. The van der Waals surface area contributed by atoms with Gasteiger partial charge in [0.1, 0.15) is 11.9 Å². The summed E-state index contributed by atoms with van der Waals surface area (Å²) in [6, 6.07) is 15.0. The van der Waals surface area contributed by atoms with Gasteiger partial charge in [-0.15, -0.1) is 0 Å². The summed E-state index contributed by atoms with van der Waals surface area (Å²) >= 11 is 0. The van der Waals surface area contributed by atoms with Gasteiger partial charge in [-0.2, -0.15) is 0 Å². The molecule has 0 saturated carbocycles. The Balaban J connectivity index is 1.82. The summed E-state index contributed by atoms with van der Waals surface area (Å²) in [5, 5.41) is 2.78. The molecule has 6 nitrogen and oxygen atoms in total. The highest BCUT2D eigenvalue weighted by atomic mass is 16.5. The zero-order valence-corrected chi connectivity index (χ0v) is 16.2. The van der Waals surface area contributed by atoms with E-state index >= 15 is 0 Å². The van der Waals surface area contributed by atoms with E-state index in [1.165, 1.54) is 4.90 Å². The van der Waals surface area contributed by atoms with Gasteiger partial charge in [0.25, 0.3) is 5.91 Å². The molecule has 1 atom stereocenters. The van der Waals surface area contributed by atoms with Crippen molar-refractivity contribution in [1.82, 2.24) is 4.90 Å². The number of anilines is 1. The van der Waals surface area contributed by atoms with Crippen LogP contribution in [0, 0.1) is 6.92 Å². The number of likely N-dealkylation sites (N-methyl/N-ethyl adjacent to an activating group) is 1. The highest BCUT2D eigenvalue weighted by Crippen LogP contribution is 2.14. The Labute approximate surface area is 160 Å². The summed E-state index contributed by atoms with van der Waals surface area (Å²) in [4.78, 5) is 25.9. The fraction of sp³-hybridized carbons (Fsp3) is 0.333. The van der Waals surface area contributed by atoms with Crippen LogP contribution in [0.3, 0.4) is 0 Å². The maximum absolute atomic E-state index is 12.4. The number of carbonyl (C=O) groups is 2. The third-order valence-electron chi connectivity index (χ3n) is 4.07. The maximum Gasteiger partial charge on any atom is 0.251 e. The van der Waals surface area contributed by atoms with Crippen LogP contribution in [0.1, 0.15) is 18.1 Å². The van der Waals surface area contributed by atoms with Gasteiger partial charge in [-0.1, -0.05) is 29.8 Å². The fourth-order valence-corrected chi connectivity index (χ4v) is 2.50. The molecule has 27 heavy (non-hydrogen) atoms. The number of hydrogen-bond donors (Lipinski definition) is 1. The zero-order chi connectivity index (χ0) is 19.8. The van der Waals surface area contributed by atoms with E-state index in [4.69, 9.17) is 9.47 Å². The van der Waals surface area contributed by atoms with Gasteiger partial charge in [0.2, 0.25) is 5.91 Å². The molecule has 0 fully saturated rings. The van der Waals surface area contributed by atoms with Gasteiger partial charge >= 0.3 is 0 Å². The van der Waals surface area contributed by atoms with Gasteiger partial charge in [-0.3, -0.25) is 9.59 Å². The Bertz CT molecular complexity index is 774. The molecule has 0 aliphatic heterocycles. The number of nitrogens with one attached hydrogen (secondary N) is 1. The SMILES string of the molecule is COc1cccc(COC(C)C(=O)N(C)CC(=O)Nc2ccc(C)cc2)c1. The van der Waals surface area contributed by atoms with Crippen LogP contribution >= 0.6 is 0 Å². The molecular weight excluding hydrogens is 344 g/mol. The summed E-state index contributed by atoms with van der Waals surface area (Å²) in [5.41, 5.74) is 2.73. The Kier molecular flexibility index (Phi) is 7.37. The summed E-state index contributed by atoms with van der Waals surface area (Å²) in [6.07, 6.45) is -0.659. The van der Waals surface area contributed by atoms with Crippen LogP contribution in [-0.4, -0.2) is 43.5 Å². The first-order valence-electron chi connectivity index (χ1n) is 8.75. The number of aryl methyl sites for hydroxylation is 1. The molecule has 2 aromatic rings. The lowest BCUT2D eigenvalue weighted by molar-refractivity contribution is -0.143. The number of ether oxygens (including phenoxy) is 2. The van der Waals surface area contributed by atoms with Crippen molar-refractivity contribution in [2.24, 2.45) is 0 Å². The van der Waals surface area contributed by atoms with Crippen LogP contribution < -0.4 is 10.1 Å². The second-order valence-electron chi connectivity index (χ2n) is 6.41. The van der Waals surface area contributed by atoms with Crippen molar-refractivity contribution in [3.05, 3.63) is 59.7 Å². The molecule has 1 N–H and O–H groups in total. The fourth-order valence-electron chi connectivity index (χ4n) is 2.50. The molecule has 0 bridgehead atoms. The minimum Gasteiger partial charge on any atom is -0.497 e. The number of nitrogens with zero attached hydrogens (tertiary/aromatic N) is 1. The molecule has 2 rings (SSSR count). The van der Waals surface area contributed by atoms with Crippen LogP contribution in [-0.2, 0) is 20.9 Å². The molecule has 144 valence electrons. The standard InChI is InChI=1S/C21H26N2O4/c1-15-8-10-18(11-9-15)22-20(24)13-23(3)21(25)16(2)27-14-17-6-5-7-19(12-17)26-4/h5-12,16H,13-14H2,1-4H3,(H,22,24). The zero-order valence-electron chi connectivity index (χ0n) is 16.2. The normalized spacial score (nSPS) is 11.6. The summed E-state index contributed by atoms with van der Waals surface area (Å²) in [5.74, 6) is 0.228. The first-order chi connectivity index (χ1) is 12.9. The molecule has 0 radical (unpaired) electrons. The molecule has 0 spiro atoms. The van der Waals surface area contributed by atoms with E-state index in [-0.39, 0.29) is 25.0 Å². The van der Waals surface area contributed by atoms with Crippen molar-refractivity contribution in [2.45, 2.75) is 26.6 Å². The number of benzene rings is 2. The first kappa shape index (κ1) is 20.5. The van der Waals surface area contributed by atoms with Crippen molar-refractivity contribution in [3.8, 4) is 5.75 Å². The highest BCUT2D eigenvalue weighted by molar-refractivity contribution is 5.95. The van der Waals surface area contributed by atoms with Gasteiger partial charge in [0, 0.05) is 12.7 Å². The monoisotopic (exact) mass is 370 g/mol. The van der Waals surface area contributed by atoms with Crippen molar-refractivity contribution in [3.63, 3.8) is 0 Å². The molecular formula is C21H26N2O4. The van der Waals surface area contributed by atoms with E-state index in [9.17, 15) is 9.59 Å². The first-order valence-corrected chi connectivity index (χ1v) is 8.75. The second kappa shape index (κ2) is 9.73. The Morgan fingerprint density at radius 2 is 1.85 bits per heavy atom. The Morgan fingerprint density at radius 1 is 1.15 bits per heavy atom. The average Bonchev–Trinajstić information content (AvgIpc) is 2.67. The lowest BCUT2D eigenvalue weighted by Gasteiger charge is -2.21. The van der Waals surface area contributed by atoms with E-state index in [1.807, 2.05) is 55.5 Å². The molecule has 0 saturated heterocycles. The van der Waals surface area contributed by atoms with Gasteiger partial charge in [0.05, 0.1) is 20.3 Å². The Morgan fingerprint density at radius 3 is 2.52 bits per heavy atom. The largest absolute Gasteiger partial charge is 0.497 e. The van der Waals surface area contributed by atoms with Crippen LogP contribution in [0.25, 0.3) is 0 Å². The van der Waals surface area contributed by atoms with Crippen LogP contribution in [0.15, 0.2) is 48.5 Å². The van der Waals surface area contributed by atoms with Crippen LogP contribution in [0.5, 0.6) is 5.75 Å². The molecule has 1 unspecified atom stereocenters. The molecule has 2 aromatic carbocycles. The predicted octanol–water partition coefficient (Wildman–Crippen LogP) is 3.01. The number of methoxy groups -OCH3 is 1. The number of hydrogen-bond acceptors (Lipinski definition) is 4. The van der Waals surface area contributed by atoms with E-state index < -0.39 is 6.10 Å². The van der Waals surface area contributed by atoms with Gasteiger partial charge in [0.15, 0.2) is 0 Å². The van der Waals surface area contributed by atoms with E-state index in [2.05, 4.69) is 5.32 Å². The minimum atomic E-state index is -0.659. The van der Waals surface area contributed by atoms with Crippen molar-refractivity contribution in [1.29, 1.82) is 0 Å². The van der Waals surface area contributed by atoms with E-state index in [0.29, 0.717) is 5.69 Å². The lowest BCUT2D eigenvalue weighted by Crippen LogP contribution is -2.40. The van der Waals surface area contributed by atoms with Crippen molar-refractivity contribution < 1.29 is 19.1 Å². The lowest BCUT2D eigenvalue weighted by atomic mass is 10.2. The van der Waals surface area contributed by atoms with Crippen molar-refractivity contribution >= 4 is 17.5 Å². The topological polar surface area (TPSA) is 67.9 Å². The third kappa shape index (κ3) is 6.42. The number of rotatable bonds is 8. The summed E-state index contributed by atoms with van der Waals surface area (Å²) in [7, 11) is 3.19. The van der Waals surface area contributed by atoms with Gasteiger partial charge in [-0.25, -0.2) is 0 Å². The number of amides is 2. The third-order valence-corrected chi connectivity index (χ3v) is 4.07. The highest BCUT2D eigenvalue weighted by Gasteiger charge is 2.20. The molecule has 0 aliphatic rings. The smallest absolute Gasteiger partial charge is 0.251 e. The average molecular weight is 370 g/mol. The van der Waals surface area contributed by atoms with Crippen LogP contribution in [0.4, 0.5) is 5.69 Å². The molecule has 2 amide bonds. The van der Waals surface area contributed by atoms with E-state index in [1.54, 1.807) is 21.1 Å². The van der Waals surface area contributed by atoms with E-state index in [0.717, 1.165) is 16.9 Å². The molecule has 6 heteroatoms.